The van der Waals surface area contributed by atoms with Crippen molar-refractivity contribution in [3.8, 4) is 0 Å². The Morgan fingerprint density at radius 1 is 1.32 bits per heavy atom. The molecule has 5 heteroatoms. The molecule has 3 rings (SSSR count). The summed E-state index contributed by atoms with van der Waals surface area (Å²) in [5.41, 5.74) is 1.00. The van der Waals surface area contributed by atoms with Crippen molar-refractivity contribution in [1.29, 1.82) is 0 Å². The van der Waals surface area contributed by atoms with Crippen LogP contribution in [-0.4, -0.2) is 37.0 Å². The molecule has 19 heavy (non-hydrogen) atoms. The van der Waals surface area contributed by atoms with Crippen molar-refractivity contribution in [3.63, 3.8) is 0 Å². The predicted molar refractivity (Wildman–Crippen MR) is 78.8 cm³/mol. The van der Waals surface area contributed by atoms with Crippen molar-refractivity contribution in [2.45, 2.75) is 6.42 Å². The summed E-state index contributed by atoms with van der Waals surface area (Å²) in [7, 11) is 0. The van der Waals surface area contributed by atoms with Crippen LogP contribution in [0.15, 0.2) is 24.3 Å². The van der Waals surface area contributed by atoms with E-state index in [1.165, 1.54) is 0 Å². The lowest BCUT2D eigenvalue weighted by Crippen LogP contribution is -2.32. The number of hydrogen-bond donors (Lipinski definition) is 1. The standard InChI is InChI=1S/C14H17ClN2O.ClH/c15-13-3-1-2-10(4-13)5-14(18)17-8-11-6-16-7-12(11)9-17;/h1-4,11-12,16H,5-9H2;1H/t11-,12+;. The number of rotatable bonds is 2. The zero-order chi connectivity index (χ0) is 12.5. The summed E-state index contributed by atoms with van der Waals surface area (Å²) < 4.78 is 0. The lowest BCUT2D eigenvalue weighted by molar-refractivity contribution is -0.129. The van der Waals surface area contributed by atoms with Crippen LogP contribution in [0.25, 0.3) is 0 Å². The fourth-order valence-corrected chi connectivity index (χ4v) is 3.21. The Hall–Kier alpha value is -0.770. The first-order chi connectivity index (χ1) is 8.72. The van der Waals surface area contributed by atoms with Crippen LogP contribution in [-0.2, 0) is 11.2 Å². The molecule has 0 radical (unpaired) electrons. The second-order valence-electron chi connectivity index (χ2n) is 5.28. The van der Waals surface area contributed by atoms with Gasteiger partial charge in [-0.15, -0.1) is 12.4 Å². The molecular formula is C14H18Cl2N2O. The number of nitrogens with one attached hydrogen (secondary N) is 1. The van der Waals surface area contributed by atoms with Crippen molar-refractivity contribution in [3.05, 3.63) is 34.9 Å². The molecule has 0 aliphatic carbocycles. The van der Waals surface area contributed by atoms with Crippen LogP contribution in [0, 0.1) is 11.8 Å². The van der Waals surface area contributed by atoms with Gasteiger partial charge in [-0.2, -0.15) is 0 Å². The average Bonchev–Trinajstić information content (AvgIpc) is 2.88. The van der Waals surface area contributed by atoms with Gasteiger partial charge in [0.05, 0.1) is 6.42 Å². The van der Waals surface area contributed by atoms with Crippen LogP contribution in [0.2, 0.25) is 5.02 Å². The minimum Gasteiger partial charge on any atom is -0.342 e. The summed E-state index contributed by atoms with van der Waals surface area (Å²) >= 11 is 5.93. The highest BCUT2D eigenvalue weighted by atomic mass is 35.5. The molecule has 1 amide bonds. The fourth-order valence-electron chi connectivity index (χ4n) is 2.99. The Morgan fingerprint density at radius 3 is 2.63 bits per heavy atom. The van der Waals surface area contributed by atoms with Crippen molar-refractivity contribution in [2.24, 2.45) is 11.8 Å². The van der Waals surface area contributed by atoms with Gasteiger partial charge in [-0.3, -0.25) is 4.79 Å². The Morgan fingerprint density at radius 2 is 2.00 bits per heavy atom. The van der Waals surface area contributed by atoms with Gasteiger partial charge in [-0.1, -0.05) is 23.7 Å². The predicted octanol–water partition coefficient (Wildman–Crippen LogP) is 1.98. The Labute approximate surface area is 124 Å². The van der Waals surface area contributed by atoms with E-state index in [0.717, 1.165) is 31.7 Å². The SMILES string of the molecule is Cl.O=C(Cc1cccc(Cl)c1)N1C[C@H]2CNC[C@H]2C1. The molecule has 2 aliphatic heterocycles. The average molecular weight is 301 g/mol. The number of nitrogens with zero attached hydrogens (tertiary/aromatic N) is 1. The molecule has 2 saturated heterocycles. The minimum atomic E-state index is 0. The van der Waals surface area contributed by atoms with Gasteiger partial charge in [0.15, 0.2) is 0 Å². The third-order valence-corrected chi connectivity index (χ3v) is 4.22. The van der Waals surface area contributed by atoms with E-state index in [9.17, 15) is 4.79 Å². The van der Waals surface area contributed by atoms with E-state index in [1.54, 1.807) is 0 Å². The zero-order valence-corrected chi connectivity index (χ0v) is 12.2. The highest BCUT2D eigenvalue weighted by molar-refractivity contribution is 6.30. The maximum absolute atomic E-state index is 12.2. The molecule has 1 N–H and O–H groups in total. The maximum Gasteiger partial charge on any atom is 0.227 e. The third kappa shape index (κ3) is 3.22. The van der Waals surface area contributed by atoms with Crippen molar-refractivity contribution in [2.75, 3.05) is 26.2 Å². The molecule has 1 aromatic carbocycles. The molecule has 1 aromatic rings. The van der Waals surface area contributed by atoms with Crippen LogP contribution in [0.3, 0.4) is 0 Å². The zero-order valence-electron chi connectivity index (χ0n) is 10.6. The molecule has 0 spiro atoms. The van der Waals surface area contributed by atoms with Crippen LogP contribution < -0.4 is 5.32 Å². The van der Waals surface area contributed by atoms with Crippen LogP contribution in [0.4, 0.5) is 0 Å². The smallest absolute Gasteiger partial charge is 0.227 e. The summed E-state index contributed by atoms with van der Waals surface area (Å²) in [5.74, 6) is 1.55. The van der Waals surface area contributed by atoms with Gasteiger partial charge < -0.3 is 10.2 Å². The molecule has 0 unspecified atom stereocenters. The van der Waals surface area contributed by atoms with Gasteiger partial charge in [0.1, 0.15) is 0 Å². The van der Waals surface area contributed by atoms with E-state index in [1.807, 2.05) is 29.2 Å². The topological polar surface area (TPSA) is 32.3 Å². The number of amides is 1. The van der Waals surface area contributed by atoms with Gasteiger partial charge in [0, 0.05) is 31.2 Å². The monoisotopic (exact) mass is 300 g/mol. The van der Waals surface area contributed by atoms with Gasteiger partial charge in [-0.05, 0) is 29.5 Å². The van der Waals surface area contributed by atoms with E-state index in [2.05, 4.69) is 5.32 Å². The quantitative estimate of drug-likeness (QED) is 0.906. The van der Waals surface area contributed by atoms with Gasteiger partial charge in [0.2, 0.25) is 5.91 Å². The lowest BCUT2D eigenvalue weighted by atomic mass is 10.0. The van der Waals surface area contributed by atoms with E-state index < -0.39 is 0 Å². The normalized spacial score (nSPS) is 25.0. The second-order valence-corrected chi connectivity index (χ2v) is 5.72. The molecule has 3 nitrogen and oxygen atoms in total. The first-order valence-corrected chi connectivity index (χ1v) is 6.83. The number of fused-ring (bicyclic) bond motifs is 1. The molecule has 2 aliphatic rings. The fraction of sp³-hybridized carbons (Fsp3) is 0.500. The number of halogens is 2. The molecular weight excluding hydrogens is 283 g/mol. The van der Waals surface area contributed by atoms with Crippen LogP contribution in [0.5, 0.6) is 0 Å². The lowest BCUT2D eigenvalue weighted by Gasteiger charge is -2.17. The summed E-state index contributed by atoms with van der Waals surface area (Å²) in [6.45, 7) is 3.95. The summed E-state index contributed by atoms with van der Waals surface area (Å²) in [6, 6.07) is 7.56. The Balaban J connectivity index is 0.00000133. The number of likely N-dealkylation sites (tertiary alicyclic amines) is 1. The minimum absolute atomic E-state index is 0. The van der Waals surface area contributed by atoms with Crippen molar-refractivity contribution in [1.82, 2.24) is 10.2 Å². The highest BCUT2D eigenvalue weighted by Crippen LogP contribution is 2.26. The van der Waals surface area contributed by atoms with E-state index in [4.69, 9.17) is 11.6 Å². The first kappa shape index (κ1) is 14.6. The number of benzene rings is 1. The second kappa shape index (κ2) is 6.12. The van der Waals surface area contributed by atoms with Crippen LogP contribution in [0.1, 0.15) is 5.56 Å². The molecule has 104 valence electrons. The highest BCUT2D eigenvalue weighted by Gasteiger charge is 2.37. The maximum atomic E-state index is 12.2. The van der Waals surface area contributed by atoms with Crippen molar-refractivity contribution < 1.29 is 4.79 Å². The molecule has 0 saturated carbocycles. The largest absolute Gasteiger partial charge is 0.342 e. The van der Waals surface area contributed by atoms with E-state index in [0.29, 0.717) is 23.3 Å². The van der Waals surface area contributed by atoms with E-state index in [-0.39, 0.29) is 18.3 Å². The van der Waals surface area contributed by atoms with Crippen molar-refractivity contribution >= 4 is 29.9 Å². The third-order valence-electron chi connectivity index (χ3n) is 3.99. The number of carbonyl (C=O) groups excluding carboxylic acids is 1. The molecule has 0 bridgehead atoms. The molecule has 2 heterocycles. The summed E-state index contributed by atoms with van der Waals surface area (Å²) in [4.78, 5) is 14.2. The van der Waals surface area contributed by atoms with Gasteiger partial charge in [-0.25, -0.2) is 0 Å². The number of carbonyl (C=O) groups is 1. The Kier molecular flexibility index (Phi) is 4.71. The van der Waals surface area contributed by atoms with Gasteiger partial charge >= 0.3 is 0 Å². The molecule has 2 atom stereocenters. The van der Waals surface area contributed by atoms with Crippen LogP contribution >= 0.6 is 24.0 Å². The Bertz CT molecular complexity index is 455. The van der Waals surface area contributed by atoms with Gasteiger partial charge in [0.25, 0.3) is 0 Å². The number of hydrogen-bond acceptors (Lipinski definition) is 2. The molecule has 0 aromatic heterocycles. The summed E-state index contributed by atoms with van der Waals surface area (Å²) in [5, 5.41) is 4.08. The molecule has 2 fully saturated rings. The first-order valence-electron chi connectivity index (χ1n) is 6.45. The summed E-state index contributed by atoms with van der Waals surface area (Å²) in [6.07, 6.45) is 0.466. The van der Waals surface area contributed by atoms with E-state index >= 15 is 0 Å².